The summed E-state index contributed by atoms with van der Waals surface area (Å²) >= 11 is 5.97. The lowest BCUT2D eigenvalue weighted by Gasteiger charge is -2.08. The van der Waals surface area contributed by atoms with Gasteiger partial charge in [-0.25, -0.2) is 0 Å². The van der Waals surface area contributed by atoms with Gasteiger partial charge in [-0.2, -0.15) is 0 Å². The van der Waals surface area contributed by atoms with E-state index in [0.29, 0.717) is 50.0 Å². The number of benzene rings is 2. The van der Waals surface area contributed by atoms with Crippen LogP contribution in [0.1, 0.15) is 21.6 Å². The zero-order valence-electron chi connectivity index (χ0n) is 20.6. The van der Waals surface area contributed by atoms with E-state index in [0.717, 1.165) is 0 Å². The molecule has 0 amide bonds. The van der Waals surface area contributed by atoms with Crippen molar-refractivity contribution in [2.75, 3.05) is 31.8 Å². The molecule has 0 unspecified atom stereocenters. The van der Waals surface area contributed by atoms with E-state index in [1.165, 1.54) is 28.7 Å². The number of methoxy groups -OCH3 is 1. The number of fused-ring (bicyclic) bond motifs is 1. The highest BCUT2D eigenvalue weighted by Crippen LogP contribution is 2.31. The Balaban J connectivity index is 1.65. The van der Waals surface area contributed by atoms with Crippen LogP contribution >= 0.6 is 33.2 Å². The number of carbonyl (C=O) groups is 3. The summed E-state index contributed by atoms with van der Waals surface area (Å²) in [5.74, 6) is 1.23. The Hall–Kier alpha value is -3.00. The van der Waals surface area contributed by atoms with Crippen molar-refractivity contribution in [2.45, 2.75) is 13.3 Å². The molecule has 1 heterocycles. The van der Waals surface area contributed by atoms with Crippen LogP contribution in [0, 0.1) is 17.0 Å². The summed E-state index contributed by atoms with van der Waals surface area (Å²) in [7, 11) is 2.44. The maximum atomic E-state index is 13.4. The van der Waals surface area contributed by atoms with Crippen LogP contribution in [0.4, 0.5) is 4.79 Å². The molecule has 14 heteroatoms. The number of rotatable bonds is 14. The van der Waals surface area contributed by atoms with Crippen molar-refractivity contribution in [3.63, 3.8) is 0 Å². The number of ether oxygens (including phenoxy) is 2. The highest BCUT2D eigenvalue weighted by molar-refractivity contribution is 8.76. The van der Waals surface area contributed by atoms with Crippen LogP contribution in [0.25, 0.3) is 10.9 Å². The quantitative estimate of drug-likeness (QED) is 0.0875. The Labute approximate surface area is 233 Å². The Morgan fingerprint density at radius 3 is 2.42 bits per heavy atom. The van der Waals surface area contributed by atoms with Crippen LogP contribution in [0.5, 0.6) is 5.75 Å². The Morgan fingerprint density at radius 1 is 1.08 bits per heavy atom. The predicted octanol–water partition coefficient (Wildman–Crippen LogP) is 4.26. The van der Waals surface area contributed by atoms with Crippen LogP contribution in [0.15, 0.2) is 42.5 Å². The minimum absolute atomic E-state index is 0.00122. The average Bonchev–Trinajstić information content (AvgIpc) is 3.15. The molecule has 0 spiro atoms. The topological polar surface area (TPSA) is 127 Å². The second-order valence-electron chi connectivity index (χ2n) is 7.91. The standard InChI is InChI=1S/C24H25ClN2O8S2Si/c1-15-19(14-22(28)38-24(30)34-9-11-36-37-12-10-35-27(31)32)20-13-18(33-2)7-8-21(20)26(15)23(29)16-3-5-17(25)6-4-16/h3-8,13H,9-12,14,38H2,1-2H3. The number of hydrogen-bond acceptors (Lipinski definition) is 10. The molecule has 0 aliphatic rings. The van der Waals surface area contributed by atoms with E-state index in [1.807, 2.05) is 0 Å². The lowest BCUT2D eigenvalue weighted by atomic mass is 10.1. The van der Waals surface area contributed by atoms with Gasteiger partial charge < -0.3 is 19.1 Å². The van der Waals surface area contributed by atoms with Gasteiger partial charge in [0, 0.05) is 39.6 Å². The third-order valence-electron chi connectivity index (χ3n) is 5.43. The summed E-state index contributed by atoms with van der Waals surface area (Å²) in [4.78, 5) is 52.8. The SMILES string of the molecule is COc1ccc2c(c1)c(CC(=O)[SiH2]C(=O)OCCSSCCO[N+](=O)[O-])c(C)n2C(=O)c1ccc(Cl)cc1. The second-order valence-corrected chi connectivity index (χ2v) is 12.8. The molecule has 0 radical (unpaired) electrons. The van der Waals surface area contributed by atoms with Crippen molar-refractivity contribution >= 4 is 70.5 Å². The maximum absolute atomic E-state index is 13.4. The highest BCUT2D eigenvalue weighted by atomic mass is 35.5. The van der Waals surface area contributed by atoms with Crippen molar-refractivity contribution in [2.24, 2.45) is 0 Å². The molecule has 0 saturated heterocycles. The Kier molecular flexibility index (Phi) is 11.1. The first kappa shape index (κ1) is 29.6. The predicted molar refractivity (Wildman–Crippen MR) is 151 cm³/mol. The van der Waals surface area contributed by atoms with Crippen molar-refractivity contribution in [3.05, 3.63) is 74.4 Å². The Morgan fingerprint density at radius 2 is 1.76 bits per heavy atom. The molecular weight excluding hydrogens is 572 g/mol. The molecule has 0 aliphatic heterocycles. The van der Waals surface area contributed by atoms with E-state index in [-0.39, 0.29) is 30.9 Å². The smallest absolute Gasteiger partial charge is 0.294 e. The third-order valence-corrected chi connectivity index (χ3v) is 9.15. The number of hydrogen-bond donors (Lipinski definition) is 0. The zero-order valence-corrected chi connectivity index (χ0v) is 24.4. The number of carbonyl (C=O) groups excluding carboxylic acids is 3. The van der Waals surface area contributed by atoms with Gasteiger partial charge in [-0.15, -0.1) is 10.1 Å². The third kappa shape index (κ3) is 8.00. The molecule has 10 nitrogen and oxygen atoms in total. The van der Waals surface area contributed by atoms with Crippen LogP contribution in [-0.2, 0) is 20.8 Å². The highest BCUT2D eigenvalue weighted by Gasteiger charge is 2.23. The van der Waals surface area contributed by atoms with Crippen molar-refractivity contribution in [1.29, 1.82) is 0 Å². The van der Waals surface area contributed by atoms with E-state index >= 15 is 0 Å². The number of nitrogens with zero attached hydrogens (tertiary/aromatic N) is 2. The molecule has 0 atom stereocenters. The van der Waals surface area contributed by atoms with Gasteiger partial charge in [0.2, 0.25) is 9.52 Å². The van der Waals surface area contributed by atoms with Gasteiger partial charge in [0.25, 0.3) is 16.6 Å². The van der Waals surface area contributed by atoms with Crippen molar-refractivity contribution in [1.82, 2.24) is 4.57 Å². The van der Waals surface area contributed by atoms with Gasteiger partial charge in [0.15, 0.2) is 0 Å². The molecule has 0 bridgehead atoms. The molecule has 0 aliphatic carbocycles. The molecule has 1 aromatic heterocycles. The van der Waals surface area contributed by atoms with Gasteiger partial charge in [0.1, 0.15) is 24.4 Å². The minimum Gasteiger partial charge on any atom is -0.497 e. The molecule has 2 aromatic carbocycles. The van der Waals surface area contributed by atoms with E-state index < -0.39 is 20.2 Å². The molecule has 0 saturated carbocycles. The van der Waals surface area contributed by atoms with E-state index in [9.17, 15) is 24.5 Å². The fourth-order valence-electron chi connectivity index (χ4n) is 3.72. The first-order chi connectivity index (χ1) is 18.2. The van der Waals surface area contributed by atoms with E-state index in [4.69, 9.17) is 21.1 Å². The van der Waals surface area contributed by atoms with E-state index in [2.05, 4.69) is 4.84 Å². The molecular formula is C24H25ClN2O8S2Si. The first-order valence-electron chi connectivity index (χ1n) is 11.4. The summed E-state index contributed by atoms with van der Waals surface area (Å²) in [5, 5.41) is 10.2. The zero-order chi connectivity index (χ0) is 27.7. The second kappa shape index (κ2) is 14.2. The molecule has 38 heavy (non-hydrogen) atoms. The number of aromatic nitrogens is 1. The molecule has 0 fully saturated rings. The van der Waals surface area contributed by atoms with Crippen LogP contribution in [0.3, 0.4) is 0 Å². The number of halogens is 1. The fraction of sp³-hybridized carbons (Fsp3) is 0.292. The average molecular weight is 597 g/mol. The monoisotopic (exact) mass is 596 g/mol. The summed E-state index contributed by atoms with van der Waals surface area (Å²) in [6, 6.07) is 11.9. The fourth-order valence-corrected chi connectivity index (χ4v) is 6.44. The molecule has 3 aromatic rings. The summed E-state index contributed by atoms with van der Waals surface area (Å²) in [6.45, 7) is 1.89. The molecule has 3 rings (SSSR count). The van der Waals surface area contributed by atoms with Crippen LogP contribution in [0.2, 0.25) is 5.02 Å². The molecule has 0 N–H and O–H groups in total. The van der Waals surface area contributed by atoms with E-state index in [1.54, 1.807) is 54.0 Å². The van der Waals surface area contributed by atoms with Gasteiger partial charge >= 0.3 is 0 Å². The van der Waals surface area contributed by atoms with Crippen molar-refractivity contribution < 1.29 is 33.8 Å². The van der Waals surface area contributed by atoms with Crippen molar-refractivity contribution in [3.8, 4) is 5.75 Å². The summed E-state index contributed by atoms with van der Waals surface area (Å²) in [5.41, 5.74) is 1.85. The normalized spacial score (nSPS) is 11.1. The Bertz CT molecular complexity index is 1330. The van der Waals surface area contributed by atoms with Crippen LogP contribution in [-0.4, -0.2) is 67.9 Å². The van der Waals surface area contributed by atoms with Gasteiger partial charge in [-0.1, -0.05) is 33.2 Å². The lowest BCUT2D eigenvalue weighted by molar-refractivity contribution is -0.756. The maximum Gasteiger partial charge on any atom is 0.294 e. The molecule has 202 valence electrons. The van der Waals surface area contributed by atoms with Gasteiger partial charge in [0.05, 0.1) is 12.6 Å². The minimum atomic E-state index is -1.85. The summed E-state index contributed by atoms with van der Waals surface area (Å²) < 4.78 is 12.1. The van der Waals surface area contributed by atoms with Gasteiger partial charge in [-0.3, -0.25) is 14.2 Å². The lowest BCUT2D eigenvalue weighted by Crippen LogP contribution is -2.23. The van der Waals surface area contributed by atoms with Crippen LogP contribution < -0.4 is 4.74 Å². The first-order valence-corrected chi connectivity index (χ1v) is 15.7. The summed E-state index contributed by atoms with van der Waals surface area (Å²) in [6.07, 6.45) is -0.00122. The largest absolute Gasteiger partial charge is 0.497 e. The van der Waals surface area contributed by atoms with Gasteiger partial charge in [-0.05, 0) is 55.0 Å².